The van der Waals surface area contributed by atoms with E-state index >= 15 is 0 Å². The summed E-state index contributed by atoms with van der Waals surface area (Å²) in [7, 11) is 0. The quantitative estimate of drug-likeness (QED) is 0.684. The monoisotopic (exact) mass is 257 g/mol. The van der Waals surface area contributed by atoms with Crippen LogP contribution in [0, 0.1) is 0 Å². The second-order valence-corrected chi connectivity index (χ2v) is 3.65. The lowest BCUT2D eigenvalue weighted by Crippen LogP contribution is -2.26. The summed E-state index contributed by atoms with van der Waals surface area (Å²) in [4.78, 5) is 25.2. The number of aromatic nitrogens is 1. The Balaban J connectivity index is 2.57. The molecule has 1 heterocycles. The van der Waals surface area contributed by atoms with Crippen LogP contribution in [0.5, 0.6) is 0 Å². The molecule has 6 nitrogen and oxygen atoms in total. The fourth-order valence-electron chi connectivity index (χ4n) is 1.12. The molecule has 0 fully saturated rings. The van der Waals surface area contributed by atoms with E-state index in [9.17, 15) is 9.59 Å². The van der Waals surface area contributed by atoms with E-state index in [1.54, 1.807) is 6.07 Å². The van der Waals surface area contributed by atoms with Crippen molar-refractivity contribution in [1.82, 2.24) is 10.3 Å². The van der Waals surface area contributed by atoms with E-state index in [-0.39, 0.29) is 16.6 Å². The van der Waals surface area contributed by atoms with E-state index in [0.717, 1.165) is 0 Å². The molecule has 1 rings (SSSR count). The van der Waals surface area contributed by atoms with Crippen molar-refractivity contribution in [3.05, 3.63) is 22.8 Å². The molecule has 0 radical (unpaired) electrons. The van der Waals surface area contributed by atoms with E-state index in [0.29, 0.717) is 18.9 Å². The number of carboxylic acid groups (broad SMARTS) is 1. The van der Waals surface area contributed by atoms with Crippen LogP contribution in [0.25, 0.3) is 0 Å². The number of carboxylic acids is 1. The maximum Gasteiger partial charge on any atom is 0.356 e. The van der Waals surface area contributed by atoms with E-state index in [1.807, 2.05) is 0 Å². The first-order valence-corrected chi connectivity index (χ1v) is 5.26. The molecule has 0 aliphatic heterocycles. The molecule has 0 aliphatic carbocycles. The van der Waals surface area contributed by atoms with Gasteiger partial charge in [0.1, 0.15) is 5.82 Å². The number of nitrogens with one attached hydrogen (secondary N) is 2. The van der Waals surface area contributed by atoms with Crippen molar-refractivity contribution in [3.8, 4) is 0 Å². The molecule has 0 saturated heterocycles. The van der Waals surface area contributed by atoms with E-state index in [4.69, 9.17) is 16.7 Å². The fourth-order valence-corrected chi connectivity index (χ4v) is 1.31. The molecule has 1 aromatic rings. The van der Waals surface area contributed by atoms with Crippen molar-refractivity contribution in [2.24, 2.45) is 0 Å². The van der Waals surface area contributed by atoms with Crippen molar-refractivity contribution in [3.63, 3.8) is 0 Å². The molecule has 0 unspecified atom stereocenters. The largest absolute Gasteiger partial charge is 0.476 e. The van der Waals surface area contributed by atoms with Crippen LogP contribution in [0.3, 0.4) is 0 Å². The zero-order valence-electron chi connectivity index (χ0n) is 9.16. The minimum Gasteiger partial charge on any atom is -0.476 e. The summed E-state index contributed by atoms with van der Waals surface area (Å²) in [5, 5.41) is 14.4. The Bertz CT molecular complexity index is 437. The summed E-state index contributed by atoms with van der Waals surface area (Å²) in [5.74, 6) is -0.903. The minimum atomic E-state index is -1.18. The maximum absolute atomic E-state index is 10.8. The van der Waals surface area contributed by atoms with Crippen LogP contribution >= 0.6 is 11.6 Å². The molecule has 0 saturated carbocycles. The Morgan fingerprint density at radius 1 is 1.41 bits per heavy atom. The predicted molar refractivity (Wildman–Crippen MR) is 63.4 cm³/mol. The highest BCUT2D eigenvalue weighted by Gasteiger charge is 2.10. The van der Waals surface area contributed by atoms with Crippen LogP contribution in [0.4, 0.5) is 5.82 Å². The van der Waals surface area contributed by atoms with Crippen molar-refractivity contribution in [2.75, 3.05) is 18.4 Å². The zero-order chi connectivity index (χ0) is 12.8. The van der Waals surface area contributed by atoms with Crippen LogP contribution in [-0.4, -0.2) is 35.1 Å². The van der Waals surface area contributed by atoms with Gasteiger partial charge in [0, 0.05) is 20.0 Å². The Hall–Kier alpha value is -1.82. The number of nitrogens with zero attached hydrogens (tertiary/aromatic N) is 1. The van der Waals surface area contributed by atoms with Gasteiger partial charge in [0.25, 0.3) is 0 Å². The number of rotatable bonds is 5. The number of hydrogen-bond acceptors (Lipinski definition) is 4. The van der Waals surface area contributed by atoms with Crippen LogP contribution in [-0.2, 0) is 4.79 Å². The molecule has 0 aliphatic rings. The lowest BCUT2D eigenvalue weighted by Gasteiger charge is -2.07. The van der Waals surface area contributed by atoms with Gasteiger partial charge in [0.2, 0.25) is 5.91 Å². The smallest absolute Gasteiger partial charge is 0.356 e. The normalized spacial score (nSPS) is 9.76. The van der Waals surface area contributed by atoms with Gasteiger partial charge in [0.15, 0.2) is 5.69 Å². The average molecular weight is 258 g/mol. The second kappa shape index (κ2) is 6.05. The summed E-state index contributed by atoms with van der Waals surface area (Å²) < 4.78 is 0. The van der Waals surface area contributed by atoms with Gasteiger partial charge < -0.3 is 15.7 Å². The Labute approximate surface area is 103 Å². The molecule has 0 atom stereocenters. The highest BCUT2D eigenvalue weighted by atomic mass is 35.5. The molecule has 0 aromatic carbocycles. The van der Waals surface area contributed by atoms with Crippen molar-refractivity contribution in [2.45, 2.75) is 6.92 Å². The summed E-state index contributed by atoms with van der Waals surface area (Å²) >= 11 is 5.67. The number of amides is 1. The first-order valence-electron chi connectivity index (χ1n) is 4.89. The number of hydrogen-bond donors (Lipinski definition) is 3. The highest BCUT2D eigenvalue weighted by molar-refractivity contribution is 6.33. The Kier molecular flexibility index (Phi) is 4.71. The first kappa shape index (κ1) is 13.2. The first-order chi connectivity index (χ1) is 8.00. The number of carbonyl (C=O) groups is 2. The molecule has 0 bridgehead atoms. The molecule has 3 N–H and O–H groups in total. The fraction of sp³-hybridized carbons (Fsp3) is 0.300. The van der Waals surface area contributed by atoms with Gasteiger partial charge in [0.05, 0.1) is 5.02 Å². The maximum atomic E-state index is 10.8. The zero-order valence-corrected chi connectivity index (χ0v) is 9.91. The van der Waals surface area contributed by atoms with E-state index < -0.39 is 5.97 Å². The van der Waals surface area contributed by atoms with Gasteiger partial charge in [-0.05, 0) is 12.1 Å². The molecule has 0 spiro atoms. The third-order valence-electron chi connectivity index (χ3n) is 1.85. The summed E-state index contributed by atoms with van der Waals surface area (Å²) in [5.41, 5.74) is -0.198. The molecular weight excluding hydrogens is 246 g/mol. The van der Waals surface area contributed by atoms with Crippen molar-refractivity contribution >= 4 is 29.3 Å². The van der Waals surface area contributed by atoms with Crippen LogP contribution < -0.4 is 10.6 Å². The van der Waals surface area contributed by atoms with Gasteiger partial charge in [-0.1, -0.05) is 11.6 Å². The molecule has 1 aromatic heterocycles. The molecule has 17 heavy (non-hydrogen) atoms. The number of anilines is 1. The Morgan fingerprint density at radius 3 is 2.71 bits per heavy atom. The van der Waals surface area contributed by atoms with E-state index in [2.05, 4.69) is 15.6 Å². The van der Waals surface area contributed by atoms with Gasteiger partial charge in [-0.15, -0.1) is 0 Å². The third kappa shape index (κ3) is 4.28. The summed E-state index contributed by atoms with van der Waals surface area (Å²) in [6, 6.07) is 3.03. The Morgan fingerprint density at radius 2 is 2.12 bits per heavy atom. The minimum absolute atomic E-state index is 0.0879. The third-order valence-corrected chi connectivity index (χ3v) is 2.16. The standard InChI is InChI=1S/C10H12ClN3O3/c1-6(15)12-4-5-13-8-3-2-7(11)9(14-8)10(16)17/h2-3H,4-5H2,1H3,(H,12,15)(H,13,14)(H,16,17). The lowest BCUT2D eigenvalue weighted by atomic mass is 10.3. The summed E-state index contributed by atoms with van der Waals surface area (Å²) in [6.45, 7) is 2.30. The molecule has 1 amide bonds. The van der Waals surface area contributed by atoms with Crippen molar-refractivity contribution in [1.29, 1.82) is 0 Å². The molecule has 92 valence electrons. The van der Waals surface area contributed by atoms with Crippen LogP contribution in [0.15, 0.2) is 12.1 Å². The van der Waals surface area contributed by atoms with Gasteiger partial charge in [-0.25, -0.2) is 9.78 Å². The number of aromatic carboxylic acids is 1. The van der Waals surface area contributed by atoms with Gasteiger partial charge in [-0.2, -0.15) is 0 Å². The SMILES string of the molecule is CC(=O)NCCNc1ccc(Cl)c(C(=O)O)n1. The number of pyridine rings is 1. The van der Waals surface area contributed by atoms with E-state index in [1.165, 1.54) is 13.0 Å². The number of halogens is 1. The van der Waals surface area contributed by atoms with Crippen LogP contribution in [0.2, 0.25) is 5.02 Å². The average Bonchev–Trinajstić information content (AvgIpc) is 2.25. The number of carbonyl (C=O) groups excluding carboxylic acids is 1. The lowest BCUT2D eigenvalue weighted by molar-refractivity contribution is -0.118. The summed E-state index contributed by atoms with van der Waals surface area (Å²) in [6.07, 6.45) is 0. The molecular formula is C10H12ClN3O3. The topological polar surface area (TPSA) is 91.3 Å². The predicted octanol–water partition coefficient (Wildman–Crippen LogP) is 0.981. The molecule has 7 heteroatoms. The van der Waals surface area contributed by atoms with Gasteiger partial charge in [-0.3, -0.25) is 4.79 Å². The second-order valence-electron chi connectivity index (χ2n) is 3.24. The van der Waals surface area contributed by atoms with Gasteiger partial charge >= 0.3 is 5.97 Å². The van der Waals surface area contributed by atoms with Crippen molar-refractivity contribution < 1.29 is 14.7 Å². The van der Waals surface area contributed by atoms with Crippen LogP contribution in [0.1, 0.15) is 17.4 Å². The highest BCUT2D eigenvalue weighted by Crippen LogP contribution is 2.16.